The third-order valence-electron chi connectivity index (χ3n) is 2.90. The maximum atomic E-state index is 11.3. The van der Waals surface area contributed by atoms with Gasteiger partial charge in [-0.2, -0.15) is 0 Å². The van der Waals surface area contributed by atoms with Gasteiger partial charge in [0, 0.05) is 11.1 Å². The molecule has 100 valence electrons. The van der Waals surface area contributed by atoms with E-state index in [1.165, 1.54) is 0 Å². The van der Waals surface area contributed by atoms with E-state index in [2.05, 4.69) is 11.8 Å². The SMILES string of the molecule is COc1cccc(C#Cc2cccc(C)c2C(=O)O)c1. The average Bonchev–Trinajstić information content (AvgIpc) is 2.45. The predicted molar refractivity (Wildman–Crippen MR) is 77.1 cm³/mol. The molecule has 0 saturated carbocycles. The summed E-state index contributed by atoms with van der Waals surface area (Å²) in [5.41, 5.74) is 2.25. The van der Waals surface area contributed by atoms with Crippen molar-refractivity contribution in [3.63, 3.8) is 0 Å². The summed E-state index contributed by atoms with van der Waals surface area (Å²) in [7, 11) is 1.59. The number of methoxy groups -OCH3 is 1. The Hall–Kier alpha value is -2.73. The monoisotopic (exact) mass is 266 g/mol. The number of hydrogen-bond donors (Lipinski definition) is 1. The summed E-state index contributed by atoms with van der Waals surface area (Å²) in [6, 6.07) is 12.6. The molecule has 0 heterocycles. The van der Waals surface area contributed by atoms with Crippen LogP contribution in [0.4, 0.5) is 0 Å². The van der Waals surface area contributed by atoms with Crippen LogP contribution in [0.15, 0.2) is 42.5 Å². The van der Waals surface area contributed by atoms with E-state index in [1.807, 2.05) is 24.3 Å². The fourth-order valence-electron chi connectivity index (χ4n) is 1.90. The van der Waals surface area contributed by atoms with Gasteiger partial charge in [0.25, 0.3) is 0 Å². The summed E-state index contributed by atoms with van der Waals surface area (Å²) in [6.07, 6.45) is 0. The van der Waals surface area contributed by atoms with E-state index in [4.69, 9.17) is 4.74 Å². The van der Waals surface area contributed by atoms with Crippen molar-refractivity contribution in [2.24, 2.45) is 0 Å². The van der Waals surface area contributed by atoms with Crippen LogP contribution in [0, 0.1) is 18.8 Å². The predicted octanol–water partition coefficient (Wildman–Crippen LogP) is 3.10. The van der Waals surface area contributed by atoms with Gasteiger partial charge in [0.2, 0.25) is 0 Å². The fourth-order valence-corrected chi connectivity index (χ4v) is 1.90. The van der Waals surface area contributed by atoms with Crippen molar-refractivity contribution in [2.75, 3.05) is 7.11 Å². The van der Waals surface area contributed by atoms with Gasteiger partial charge in [0.1, 0.15) is 5.75 Å². The molecule has 0 aliphatic carbocycles. The number of carboxylic acids is 1. The Balaban J connectivity index is 2.43. The van der Waals surface area contributed by atoms with Crippen molar-refractivity contribution in [1.82, 2.24) is 0 Å². The number of aromatic carboxylic acids is 1. The Labute approximate surface area is 117 Å². The molecule has 2 aromatic carbocycles. The topological polar surface area (TPSA) is 46.5 Å². The minimum Gasteiger partial charge on any atom is -0.497 e. The molecule has 3 nitrogen and oxygen atoms in total. The second kappa shape index (κ2) is 5.94. The summed E-state index contributed by atoms with van der Waals surface area (Å²) in [5.74, 6) is 5.64. The number of carboxylic acid groups (broad SMARTS) is 1. The highest BCUT2D eigenvalue weighted by atomic mass is 16.5. The largest absolute Gasteiger partial charge is 0.497 e. The molecule has 0 amide bonds. The van der Waals surface area contributed by atoms with Gasteiger partial charge in [-0.05, 0) is 36.8 Å². The van der Waals surface area contributed by atoms with Gasteiger partial charge in [-0.15, -0.1) is 0 Å². The molecule has 0 spiro atoms. The zero-order valence-corrected chi connectivity index (χ0v) is 11.3. The minimum atomic E-state index is -0.960. The van der Waals surface area contributed by atoms with Crippen LogP contribution < -0.4 is 4.74 Å². The summed E-state index contributed by atoms with van der Waals surface area (Å²) in [4.78, 5) is 11.3. The van der Waals surface area contributed by atoms with Crippen LogP contribution in [0.1, 0.15) is 27.0 Å². The average molecular weight is 266 g/mol. The highest BCUT2D eigenvalue weighted by Crippen LogP contribution is 2.15. The standard InChI is InChI=1S/C17H14O3/c1-12-5-3-7-14(16(12)17(18)19)10-9-13-6-4-8-15(11-13)20-2/h3-8,11H,1-2H3,(H,18,19). The molecular weight excluding hydrogens is 252 g/mol. The van der Waals surface area contributed by atoms with E-state index in [0.29, 0.717) is 11.1 Å². The van der Waals surface area contributed by atoms with Gasteiger partial charge in [-0.25, -0.2) is 4.79 Å². The van der Waals surface area contributed by atoms with Crippen LogP contribution in [0.25, 0.3) is 0 Å². The molecule has 0 radical (unpaired) electrons. The second-order valence-corrected chi connectivity index (χ2v) is 4.28. The Morgan fingerprint density at radius 2 is 1.90 bits per heavy atom. The molecule has 2 aromatic rings. The van der Waals surface area contributed by atoms with E-state index >= 15 is 0 Å². The molecule has 0 saturated heterocycles. The van der Waals surface area contributed by atoms with Crippen molar-refractivity contribution >= 4 is 5.97 Å². The third-order valence-corrected chi connectivity index (χ3v) is 2.90. The Kier molecular flexibility index (Phi) is 4.07. The first kappa shape index (κ1) is 13.7. The highest BCUT2D eigenvalue weighted by Gasteiger charge is 2.10. The molecule has 0 atom stereocenters. The van der Waals surface area contributed by atoms with Gasteiger partial charge in [-0.1, -0.05) is 30.0 Å². The Morgan fingerprint density at radius 3 is 2.60 bits per heavy atom. The van der Waals surface area contributed by atoms with E-state index < -0.39 is 5.97 Å². The van der Waals surface area contributed by atoms with Crippen LogP contribution in [-0.4, -0.2) is 18.2 Å². The Morgan fingerprint density at radius 1 is 1.15 bits per heavy atom. The van der Waals surface area contributed by atoms with E-state index in [1.54, 1.807) is 32.2 Å². The Bertz CT molecular complexity index is 706. The van der Waals surface area contributed by atoms with Crippen LogP contribution in [0.3, 0.4) is 0 Å². The van der Waals surface area contributed by atoms with Gasteiger partial charge in [0.15, 0.2) is 0 Å². The number of aryl methyl sites for hydroxylation is 1. The lowest BCUT2D eigenvalue weighted by Gasteiger charge is -2.03. The maximum Gasteiger partial charge on any atom is 0.337 e. The van der Waals surface area contributed by atoms with Crippen LogP contribution in [0.5, 0.6) is 5.75 Å². The van der Waals surface area contributed by atoms with E-state index in [0.717, 1.165) is 11.3 Å². The summed E-state index contributed by atoms with van der Waals surface area (Å²) in [5, 5.41) is 9.24. The molecule has 3 heteroatoms. The molecular formula is C17H14O3. The smallest absolute Gasteiger partial charge is 0.337 e. The van der Waals surface area contributed by atoms with Gasteiger partial charge >= 0.3 is 5.97 Å². The quantitative estimate of drug-likeness (QED) is 0.850. The van der Waals surface area contributed by atoms with Crippen molar-refractivity contribution in [3.8, 4) is 17.6 Å². The number of benzene rings is 2. The first-order valence-electron chi connectivity index (χ1n) is 6.11. The van der Waals surface area contributed by atoms with Gasteiger partial charge < -0.3 is 9.84 Å². The molecule has 0 bridgehead atoms. The van der Waals surface area contributed by atoms with Crippen LogP contribution in [-0.2, 0) is 0 Å². The normalized spacial score (nSPS) is 9.50. The molecule has 0 fully saturated rings. The molecule has 0 aliphatic heterocycles. The minimum absolute atomic E-state index is 0.253. The number of hydrogen-bond acceptors (Lipinski definition) is 2. The summed E-state index contributed by atoms with van der Waals surface area (Å²) >= 11 is 0. The van der Waals surface area contributed by atoms with Crippen LogP contribution >= 0.6 is 0 Å². The first-order chi connectivity index (χ1) is 9.61. The lowest BCUT2D eigenvalue weighted by molar-refractivity contribution is 0.0696. The molecule has 1 N–H and O–H groups in total. The molecule has 0 aliphatic rings. The highest BCUT2D eigenvalue weighted by molar-refractivity contribution is 5.92. The third kappa shape index (κ3) is 2.99. The summed E-state index contributed by atoms with van der Waals surface area (Å²) < 4.78 is 5.13. The second-order valence-electron chi connectivity index (χ2n) is 4.28. The number of carbonyl (C=O) groups is 1. The lowest BCUT2D eigenvalue weighted by Crippen LogP contribution is -2.02. The molecule has 0 aromatic heterocycles. The maximum absolute atomic E-state index is 11.3. The van der Waals surface area contributed by atoms with Crippen molar-refractivity contribution in [1.29, 1.82) is 0 Å². The lowest BCUT2D eigenvalue weighted by atomic mass is 10.0. The number of rotatable bonds is 2. The molecule has 0 unspecified atom stereocenters. The van der Waals surface area contributed by atoms with Gasteiger partial charge in [0.05, 0.1) is 12.7 Å². The van der Waals surface area contributed by atoms with Crippen LogP contribution in [0.2, 0.25) is 0 Å². The van der Waals surface area contributed by atoms with Crippen molar-refractivity contribution in [2.45, 2.75) is 6.92 Å². The van der Waals surface area contributed by atoms with E-state index in [9.17, 15) is 9.90 Å². The summed E-state index contributed by atoms with van der Waals surface area (Å²) in [6.45, 7) is 1.76. The fraction of sp³-hybridized carbons (Fsp3) is 0.118. The van der Waals surface area contributed by atoms with Gasteiger partial charge in [-0.3, -0.25) is 0 Å². The van der Waals surface area contributed by atoms with Crippen molar-refractivity contribution < 1.29 is 14.6 Å². The molecule has 2 rings (SSSR count). The number of ether oxygens (including phenoxy) is 1. The zero-order chi connectivity index (χ0) is 14.5. The van der Waals surface area contributed by atoms with Crippen molar-refractivity contribution in [3.05, 3.63) is 64.7 Å². The van der Waals surface area contributed by atoms with E-state index in [-0.39, 0.29) is 5.56 Å². The first-order valence-corrected chi connectivity index (χ1v) is 6.11. The zero-order valence-electron chi connectivity index (χ0n) is 11.3. The molecule has 20 heavy (non-hydrogen) atoms.